The highest BCUT2D eigenvalue weighted by atomic mass is 35.5. The number of carbonyl (C=O) groups excluding carboxylic acids is 1. The average Bonchev–Trinajstić information content (AvgIpc) is 2.41. The van der Waals surface area contributed by atoms with E-state index < -0.39 is 5.54 Å². The molecule has 110 valence electrons. The molecule has 1 fully saturated rings. The van der Waals surface area contributed by atoms with Gasteiger partial charge in [-0.2, -0.15) is 0 Å². The summed E-state index contributed by atoms with van der Waals surface area (Å²) in [5.41, 5.74) is 5.84. The van der Waals surface area contributed by atoms with Crippen LogP contribution in [-0.4, -0.2) is 36.0 Å². The first kappa shape index (κ1) is 15.1. The highest BCUT2D eigenvalue weighted by molar-refractivity contribution is 6.30. The number of piperidine rings is 1. The fourth-order valence-electron chi connectivity index (χ4n) is 2.75. The van der Waals surface area contributed by atoms with Crippen LogP contribution < -0.4 is 11.1 Å². The van der Waals surface area contributed by atoms with Crippen molar-refractivity contribution in [3.05, 3.63) is 29.3 Å². The van der Waals surface area contributed by atoms with E-state index in [4.69, 9.17) is 17.3 Å². The second-order valence-electron chi connectivity index (χ2n) is 5.42. The Morgan fingerprint density at radius 1 is 1.45 bits per heavy atom. The quantitative estimate of drug-likeness (QED) is 0.877. The van der Waals surface area contributed by atoms with Gasteiger partial charge in [-0.15, -0.1) is 0 Å². The lowest BCUT2D eigenvalue weighted by Gasteiger charge is -2.40. The molecule has 1 aliphatic heterocycles. The summed E-state index contributed by atoms with van der Waals surface area (Å²) < 4.78 is 0. The normalized spacial score (nSPS) is 18.7. The highest BCUT2D eigenvalue weighted by Crippen LogP contribution is 2.28. The lowest BCUT2D eigenvalue weighted by atomic mass is 9.86. The Labute approximate surface area is 125 Å². The monoisotopic (exact) mass is 295 g/mol. The molecule has 0 unspecified atom stereocenters. The fraction of sp³-hybridized carbons (Fsp3) is 0.533. The van der Waals surface area contributed by atoms with Gasteiger partial charge < -0.3 is 16.0 Å². The van der Waals surface area contributed by atoms with Crippen LogP contribution in [-0.2, 0) is 4.79 Å². The summed E-state index contributed by atoms with van der Waals surface area (Å²) in [6.07, 6.45) is 2.59. The SMILES string of the molecule is CCCN1CCC(Nc2cccc(Cl)c2)(C(N)=O)CC1. The van der Waals surface area contributed by atoms with Gasteiger partial charge in [0.15, 0.2) is 0 Å². The minimum atomic E-state index is -0.658. The second kappa shape index (κ2) is 6.46. The number of hydrogen-bond acceptors (Lipinski definition) is 3. The van der Waals surface area contributed by atoms with Crippen LogP contribution in [0.25, 0.3) is 0 Å². The Bertz CT molecular complexity index is 470. The average molecular weight is 296 g/mol. The van der Waals surface area contributed by atoms with Crippen molar-refractivity contribution < 1.29 is 4.79 Å². The summed E-state index contributed by atoms with van der Waals surface area (Å²) in [6.45, 7) is 5.03. The number of nitrogens with one attached hydrogen (secondary N) is 1. The summed E-state index contributed by atoms with van der Waals surface area (Å²) in [5.74, 6) is -0.284. The van der Waals surface area contributed by atoms with Crippen molar-refractivity contribution in [2.45, 2.75) is 31.7 Å². The molecule has 0 spiro atoms. The summed E-state index contributed by atoms with van der Waals surface area (Å²) in [6, 6.07) is 7.42. The molecule has 0 aromatic heterocycles. The van der Waals surface area contributed by atoms with Gasteiger partial charge in [-0.3, -0.25) is 4.79 Å². The number of nitrogens with two attached hydrogens (primary N) is 1. The molecule has 1 aromatic carbocycles. The maximum atomic E-state index is 11.9. The van der Waals surface area contributed by atoms with Crippen LogP contribution in [0.3, 0.4) is 0 Å². The molecule has 1 amide bonds. The summed E-state index contributed by atoms with van der Waals surface area (Å²) in [4.78, 5) is 14.3. The number of hydrogen-bond donors (Lipinski definition) is 2. The number of amides is 1. The third kappa shape index (κ3) is 3.44. The van der Waals surface area contributed by atoms with E-state index in [2.05, 4.69) is 17.1 Å². The van der Waals surface area contributed by atoms with E-state index in [-0.39, 0.29) is 5.91 Å². The first-order valence-electron chi connectivity index (χ1n) is 7.12. The Hall–Kier alpha value is -1.26. The van der Waals surface area contributed by atoms with Crippen LogP contribution in [0.5, 0.6) is 0 Å². The minimum Gasteiger partial charge on any atom is -0.371 e. The van der Waals surface area contributed by atoms with Crippen LogP contribution >= 0.6 is 11.6 Å². The zero-order chi connectivity index (χ0) is 14.6. The molecular formula is C15H22ClN3O. The number of rotatable bonds is 5. The molecule has 0 atom stereocenters. The molecule has 5 heteroatoms. The van der Waals surface area contributed by atoms with Crippen LogP contribution in [0.15, 0.2) is 24.3 Å². The molecule has 4 nitrogen and oxygen atoms in total. The van der Waals surface area contributed by atoms with E-state index >= 15 is 0 Å². The molecule has 0 saturated carbocycles. The molecule has 1 aliphatic rings. The van der Waals surface area contributed by atoms with Crippen LogP contribution in [0, 0.1) is 0 Å². The van der Waals surface area contributed by atoms with Crippen molar-refractivity contribution in [3.8, 4) is 0 Å². The summed E-state index contributed by atoms with van der Waals surface area (Å²) in [5, 5.41) is 3.96. The highest BCUT2D eigenvalue weighted by Gasteiger charge is 2.39. The smallest absolute Gasteiger partial charge is 0.243 e. The summed E-state index contributed by atoms with van der Waals surface area (Å²) >= 11 is 5.99. The lowest BCUT2D eigenvalue weighted by molar-refractivity contribution is -0.123. The maximum absolute atomic E-state index is 11.9. The van der Waals surface area contributed by atoms with Crippen molar-refractivity contribution in [1.82, 2.24) is 4.90 Å². The van der Waals surface area contributed by atoms with Crippen molar-refractivity contribution in [2.24, 2.45) is 5.73 Å². The van der Waals surface area contributed by atoms with Crippen LogP contribution in [0.4, 0.5) is 5.69 Å². The molecule has 0 radical (unpaired) electrons. The first-order chi connectivity index (χ1) is 9.55. The van der Waals surface area contributed by atoms with E-state index in [1.54, 1.807) is 0 Å². The standard InChI is InChI=1S/C15H22ClN3O/c1-2-8-19-9-6-15(7-10-19,14(17)20)18-13-5-3-4-12(16)11-13/h3-5,11,18H,2,6-10H2,1H3,(H2,17,20). The first-order valence-corrected chi connectivity index (χ1v) is 7.49. The predicted octanol–water partition coefficient (Wildman–Crippen LogP) is 2.48. The van der Waals surface area contributed by atoms with Gasteiger partial charge in [-0.05, 0) is 44.0 Å². The van der Waals surface area contributed by atoms with E-state index in [1.165, 1.54) is 0 Å². The van der Waals surface area contributed by atoms with Gasteiger partial charge in [-0.1, -0.05) is 24.6 Å². The number of nitrogens with zero attached hydrogens (tertiary/aromatic N) is 1. The topological polar surface area (TPSA) is 58.4 Å². The van der Waals surface area contributed by atoms with Gasteiger partial charge >= 0.3 is 0 Å². The number of benzene rings is 1. The molecule has 1 aromatic rings. The molecule has 3 N–H and O–H groups in total. The molecule has 1 heterocycles. The largest absolute Gasteiger partial charge is 0.371 e. The van der Waals surface area contributed by atoms with Gasteiger partial charge in [0.1, 0.15) is 5.54 Å². The van der Waals surface area contributed by atoms with E-state index in [0.717, 1.165) is 44.6 Å². The van der Waals surface area contributed by atoms with Crippen molar-refractivity contribution in [2.75, 3.05) is 25.0 Å². The maximum Gasteiger partial charge on any atom is 0.243 e. The Balaban J connectivity index is 2.10. The third-order valence-electron chi connectivity index (χ3n) is 3.93. The van der Waals surface area contributed by atoms with E-state index in [9.17, 15) is 4.79 Å². The fourth-order valence-corrected chi connectivity index (χ4v) is 2.94. The van der Waals surface area contributed by atoms with Crippen molar-refractivity contribution >= 4 is 23.2 Å². The Morgan fingerprint density at radius 2 is 2.15 bits per heavy atom. The van der Waals surface area contributed by atoms with Gasteiger partial charge in [0.25, 0.3) is 0 Å². The van der Waals surface area contributed by atoms with Gasteiger partial charge in [-0.25, -0.2) is 0 Å². The molecule has 0 aliphatic carbocycles. The molecular weight excluding hydrogens is 274 g/mol. The van der Waals surface area contributed by atoms with Gasteiger partial charge in [0.2, 0.25) is 5.91 Å². The Kier molecular flexibility index (Phi) is 4.89. The predicted molar refractivity (Wildman–Crippen MR) is 83.0 cm³/mol. The number of carbonyl (C=O) groups is 1. The minimum absolute atomic E-state index is 0.284. The second-order valence-corrected chi connectivity index (χ2v) is 5.86. The van der Waals surface area contributed by atoms with Crippen molar-refractivity contribution in [1.29, 1.82) is 0 Å². The zero-order valence-corrected chi connectivity index (χ0v) is 12.6. The third-order valence-corrected chi connectivity index (χ3v) is 4.16. The number of anilines is 1. The molecule has 2 rings (SSSR count). The number of likely N-dealkylation sites (tertiary alicyclic amines) is 1. The zero-order valence-electron chi connectivity index (χ0n) is 11.9. The van der Waals surface area contributed by atoms with E-state index in [1.807, 2.05) is 24.3 Å². The number of primary amides is 1. The van der Waals surface area contributed by atoms with Gasteiger partial charge in [0, 0.05) is 23.8 Å². The molecule has 20 heavy (non-hydrogen) atoms. The summed E-state index contributed by atoms with van der Waals surface area (Å²) in [7, 11) is 0. The van der Waals surface area contributed by atoms with Crippen LogP contribution in [0.2, 0.25) is 5.02 Å². The Morgan fingerprint density at radius 3 is 2.70 bits per heavy atom. The molecule has 0 bridgehead atoms. The van der Waals surface area contributed by atoms with Crippen LogP contribution in [0.1, 0.15) is 26.2 Å². The van der Waals surface area contributed by atoms with Gasteiger partial charge in [0.05, 0.1) is 0 Å². The van der Waals surface area contributed by atoms with E-state index in [0.29, 0.717) is 5.02 Å². The molecule has 1 saturated heterocycles. The lowest BCUT2D eigenvalue weighted by Crippen LogP contribution is -2.57. The van der Waals surface area contributed by atoms with Crippen molar-refractivity contribution in [3.63, 3.8) is 0 Å². The number of halogens is 1.